The molecule has 2 aromatic rings. The standard InChI is InChI=1S/C16H18N4O2/c1-2-13(21)15-17-14(12-6-4-3-5-7-12)18-16(19-15)20-8-10-22-11-9-20/h3-7H,2,8-11H2,1H3. The van der Waals surface area contributed by atoms with Gasteiger partial charge in [-0.05, 0) is 0 Å². The number of hydrogen-bond donors (Lipinski definition) is 0. The highest BCUT2D eigenvalue weighted by molar-refractivity contribution is 5.92. The summed E-state index contributed by atoms with van der Waals surface area (Å²) in [6, 6.07) is 9.65. The molecule has 0 spiro atoms. The minimum absolute atomic E-state index is 0.0749. The molecule has 1 saturated heterocycles. The zero-order chi connectivity index (χ0) is 15.4. The Morgan fingerprint density at radius 3 is 2.55 bits per heavy atom. The molecule has 1 aromatic heterocycles. The van der Waals surface area contributed by atoms with Crippen molar-refractivity contribution in [2.24, 2.45) is 0 Å². The number of anilines is 1. The Bertz CT molecular complexity index is 654. The Balaban J connectivity index is 2.03. The minimum Gasteiger partial charge on any atom is -0.378 e. The molecule has 1 aliphatic rings. The lowest BCUT2D eigenvalue weighted by Crippen LogP contribution is -2.37. The van der Waals surface area contributed by atoms with Crippen LogP contribution in [0.5, 0.6) is 0 Å². The second-order valence-electron chi connectivity index (χ2n) is 5.02. The highest BCUT2D eigenvalue weighted by Gasteiger charge is 2.19. The third kappa shape index (κ3) is 3.12. The first-order valence-electron chi connectivity index (χ1n) is 7.45. The third-order valence-corrected chi connectivity index (χ3v) is 3.52. The molecule has 0 amide bonds. The number of benzene rings is 1. The first-order valence-corrected chi connectivity index (χ1v) is 7.45. The zero-order valence-corrected chi connectivity index (χ0v) is 12.5. The van der Waals surface area contributed by atoms with Gasteiger partial charge in [0, 0.05) is 25.1 Å². The molecular formula is C16H18N4O2. The highest BCUT2D eigenvalue weighted by Crippen LogP contribution is 2.19. The molecule has 0 radical (unpaired) electrons. The molecule has 2 heterocycles. The Morgan fingerprint density at radius 2 is 1.86 bits per heavy atom. The van der Waals surface area contributed by atoms with E-state index in [1.165, 1.54) is 0 Å². The van der Waals surface area contributed by atoms with Gasteiger partial charge < -0.3 is 9.64 Å². The van der Waals surface area contributed by atoms with Crippen LogP contribution in [-0.2, 0) is 4.74 Å². The fourth-order valence-corrected chi connectivity index (χ4v) is 2.27. The number of ether oxygens (including phenoxy) is 1. The van der Waals surface area contributed by atoms with Crippen LogP contribution >= 0.6 is 0 Å². The molecule has 0 unspecified atom stereocenters. The van der Waals surface area contributed by atoms with Crippen LogP contribution in [0.4, 0.5) is 5.95 Å². The first kappa shape index (κ1) is 14.6. The monoisotopic (exact) mass is 298 g/mol. The summed E-state index contributed by atoms with van der Waals surface area (Å²) in [5.41, 5.74) is 0.879. The van der Waals surface area contributed by atoms with E-state index in [-0.39, 0.29) is 11.6 Å². The van der Waals surface area contributed by atoms with Crippen molar-refractivity contribution in [1.29, 1.82) is 0 Å². The summed E-state index contributed by atoms with van der Waals surface area (Å²) < 4.78 is 5.36. The predicted octanol–water partition coefficient (Wildman–Crippen LogP) is 1.97. The van der Waals surface area contributed by atoms with E-state index in [2.05, 4.69) is 15.0 Å². The quantitative estimate of drug-likeness (QED) is 0.804. The maximum Gasteiger partial charge on any atom is 0.229 e. The Hall–Kier alpha value is -2.34. The van der Waals surface area contributed by atoms with Crippen LogP contribution in [0.1, 0.15) is 24.0 Å². The van der Waals surface area contributed by atoms with Gasteiger partial charge in [-0.2, -0.15) is 9.97 Å². The molecular weight excluding hydrogens is 280 g/mol. The maximum atomic E-state index is 12.0. The molecule has 6 heteroatoms. The molecule has 1 fully saturated rings. The number of ketones is 1. The van der Waals surface area contributed by atoms with Crippen molar-refractivity contribution in [3.8, 4) is 11.4 Å². The summed E-state index contributed by atoms with van der Waals surface area (Å²) in [7, 11) is 0. The summed E-state index contributed by atoms with van der Waals surface area (Å²) in [4.78, 5) is 27.3. The summed E-state index contributed by atoms with van der Waals surface area (Å²) in [5.74, 6) is 1.25. The molecule has 0 aliphatic carbocycles. The van der Waals surface area contributed by atoms with Crippen molar-refractivity contribution in [3.63, 3.8) is 0 Å². The van der Waals surface area contributed by atoms with Gasteiger partial charge in [0.25, 0.3) is 0 Å². The number of carbonyl (C=O) groups is 1. The average Bonchev–Trinajstić information content (AvgIpc) is 2.62. The van der Waals surface area contributed by atoms with Gasteiger partial charge in [-0.15, -0.1) is 0 Å². The maximum absolute atomic E-state index is 12.0. The molecule has 0 N–H and O–H groups in total. The molecule has 1 aromatic carbocycles. The van der Waals surface area contributed by atoms with Gasteiger partial charge in [0.2, 0.25) is 11.8 Å². The van der Waals surface area contributed by atoms with Gasteiger partial charge in [0.1, 0.15) is 0 Å². The molecule has 0 atom stereocenters. The van der Waals surface area contributed by atoms with E-state index >= 15 is 0 Å². The zero-order valence-electron chi connectivity index (χ0n) is 12.5. The number of hydrogen-bond acceptors (Lipinski definition) is 6. The average molecular weight is 298 g/mol. The van der Waals surface area contributed by atoms with Crippen LogP contribution < -0.4 is 4.90 Å². The summed E-state index contributed by atoms with van der Waals surface area (Å²) in [6.07, 6.45) is 0.376. The second-order valence-corrected chi connectivity index (χ2v) is 5.02. The SMILES string of the molecule is CCC(=O)c1nc(-c2ccccc2)nc(N2CCOCC2)n1. The molecule has 3 rings (SSSR count). The highest BCUT2D eigenvalue weighted by atomic mass is 16.5. The van der Waals surface area contributed by atoms with Crippen molar-refractivity contribution in [3.05, 3.63) is 36.2 Å². The fraction of sp³-hybridized carbons (Fsp3) is 0.375. The van der Waals surface area contributed by atoms with Gasteiger partial charge in [-0.3, -0.25) is 4.79 Å². The molecule has 1 aliphatic heterocycles. The largest absolute Gasteiger partial charge is 0.378 e. The van der Waals surface area contributed by atoms with E-state index in [0.717, 1.165) is 18.7 Å². The van der Waals surface area contributed by atoms with E-state index in [0.29, 0.717) is 31.4 Å². The van der Waals surface area contributed by atoms with Gasteiger partial charge in [0.05, 0.1) is 13.2 Å². The summed E-state index contributed by atoms with van der Waals surface area (Å²) in [5, 5.41) is 0. The predicted molar refractivity (Wildman–Crippen MR) is 82.9 cm³/mol. The van der Waals surface area contributed by atoms with Crippen molar-refractivity contribution >= 4 is 11.7 Å². The van der Waals surface area contributed by atoms with Crippen molar-refractivity contribution in [1.82, 2.24) is 15.0 Å². The first-order chi connectivity index (χ1) is 10.8. The van der Waals surface area contributed by atoms with Crippen molar-refractivity contribution in [2.45, 2.75) is 13.3 Å². The molecule has 114 valence electrons. The van der Waals surface area contributed by atoms with Crippen LogP contribution in [0.3, 0.4) is 0 Å². The number of nitrogens with zero attached hydrogens (tertiary/aromatic N) is 4. The fourth-order valence-electron chi connectivity index (χ4n) is 2.27. The van der Waals surface area contributed by atoms with Crippen LogP contribution in [0.2, 0.25) is 0 Å². The lowest BCUT2D eigenvalue weighted by Gasteiger charge is -2.27. The Labute approximate surface area is 129 Å². The molecule has 6 nitrogen and oxygen atoms in total. The van der Waals surface area contributed by atoms with Crippen LogP contribution in [0.15, 0.2) is 30.3 Å². The molecule has 0 saturated carbocycles. The van der Waals surface area contributed by atoms with Crippen molar-refractivity contribution < 1.29 is 9.53 Å². The van der Waals surface area contributed by atoms with E-state index in [1.54, 1.807) is 0 Å². The summed E-state index contributed by atoms with van der Waals surface area (Å²) >= 11 is 0. The lowest BCUT2D eigenvalue weighted by atomic mass is 10.2. The number of rotatable bonds is 4. The molecule has 22 heavy (non-hydrogen) atoms. The minimum atomic E-state index is -0.0749. The number of Topliss-reactive ketones (excluding diaryl/α,β-unsaturated/α-hetero) is 1. The van der Waals surface area contributed by atoms with E-state index < -0.39 is 0 Å². The number of morpholine rings is 1. The van der Waals surface area contributed by atoms with Gasteiger partial charge in [0.15, 0.2) is 11.6 Å². The van der Waals surface area contributed by atoms with E-state index in [1.807, 2.05) is 42.2 Å². The topological polar surface area (TPSA) is 68.2 Å². The van der Waals surface area contributed by atoms with Crippen molar-refractivity contribution in [2.75, 3.05) is 31.2 Å². The smallest absolute Gasteiger partial charge is 0.229 e. The van der Waals surface area contributed by atoms with Crippen LogP contribution in [0.25, 0.3) is 11.4 Å². The van der Waals surface area contributed by atoms with Gasteiger partial charge in [-0.25, -0.2) is 4.98 Å². The normalized spacial score (nSPS) is 14.9. The Morgan fingerprint density at radius 1 is 1.14 bits per heavy atom. The molecule has 0 bridgehead atoms. The second kappa shape index (κ2) is 6.62. The summed E-state index contributed by atoms with van der Waals surface area (Å²) in [6.45, 7) is 4.53. The van der Waals surface area contributed by atoms with Gasteiger partial charge >= 0.3 is 0 Å². The van der Waals surface area contributed by atoms with Crippen LogP contribution in [-0.4, -0.2) is 47.0 Å². The van der Waals surface area contributed by atoms with Gasteiger partial charge in [-0.1, -0.05) is 37.3 Å². The number of carbonyl (C=O) groups excluding carboxylic acids is 1. The Kier molecular flexibility index (Phi) is 4.39. The third-order valence-electron chi connectivity index (χ3n) is 3.52. The lowest BCUT2D eigenvalue weighted by molar-refractivity contribution is 0.0977. The van der Waals surface area contributed by atoms with Crippen LogP contribution in [0, 0.1) is 0 Å². The van der Waals surface area contributed by atoms with E-state index in [9.17, 15) is 4.79 Å². The van der Waals surface area contributed by atoms with E-state index in [4.69, 9.17) is 4.74 Å². The number of aromatic nitrogens is 3.